The van der Waals surface area contributed by atoms with Gasteiger partial charge >= 0.3 is 0 Å². The van der Waals surface area contributed by atoms with Gasteiger partial charge in [-0.05, 0) is 51.6 Å². The van der Waals surface area contributed by atoms with Gasteiger partial charge in [0.2, 0.25) is 0 Å². The minimum atomic E-state index is 0.429. The van der Waals surface area contributed by atoms with Crippen LogP contribution in [0, 0.1) is 19.3 Å². The molecule has 2 rings (SSSR count). The molecule has 0 unspecified atom stereocenters. The summed E-state index contributed by atoms with van der Waals surface area (Å²) >= 11 is 0. The quantitative estimate of drug-likeness (QED) is 0.858. The number of hydrogen-bond donors (Lipinski definition) is 2. The first-order valence-electron chi connectivity index (χ1n) is 6.90. The van der Waals surface area contributed by atoms with E-state index in [4.69, 9.17) is 0 Å². The van der Waals surface area contributed by atoms with Crippen LogP contribution in [-0.4, -0.2) is 29.6 Å². The van der Waals surface area contributed by atoms with Gasteiger partial charge in [-0.25, -0.2) is 9.97 Å². The second-order valence-corrected chi connectivity index (χ2v) is 5.40. The van der Waals surface area contributed by atoms with Crippen LogP contribution in [0.15, 0.2) is 6.07 Å². The van der Waals surface area contributed by atoms with Crippen molar-refractivity contribution in [3.8, 4) is 0 Å². The Bertz CT molecular complexity index is 377. The Morgan fingerprint density at radius 3 is 2.61 bits per heavy atom. The standard InChI is InChI=1S/C14H24N4/c1-4-14(5-7-15-8-6-14)10-16-13-9-11(2)17-12(3)18-13/h9,15H,4-8,10H2,1-3H3,(H,16,17,18). The van der Waals surface area contributed by atoms with Crippen LogP contribution in [0.1, 0.15) is 37.7 Å². The van der Waals surface area contributed by atoms with Crippen LogP contribution in [0.5, 0.6) is 0 Å². The lowest BCUT2D eigenvalue weighted by Gasteiger charge is -2.37. The summed E-state index contributed by atoms with van der Waals surface area (Å²) in [5.74, 6) is 1.81. The maximum Gasteiger partial charge on any atom is 0.129 e. The van der Waals surface area contributed by atoms with Gasteiger partial charge in [0.05, 0.1) is 0 Å². The third kappa shape index (κ3) is 3.19. The fraction of sp³-hybridized carbons (Fsp3) is 0.714. The van der Waals surface area contributed by atoms with Crippen molar-refractivity contribution in [2.24, 2.45) is 5.41 Å². The molecule has 0 atom stereocenters. The molecule has 1 aromatic heterocycles. The highest BCUT2D eigenvalue weighted by atomic mass is 15.0. The molecular formula is C14H24N4. The zero-order valence-electron chi connectivity index (χ0n) is 11.7. The highest BCUT2D eigenvalue weighted by Crippen LogP contribution is 2.32. The van der Waals surface area contributed by atoms with Crippen LogP contribution in [0.3, 0.4) is 0 Å². The van der Waals surface area contributed by atoms with Gasteiger partial charge in [0.15, 0.2) is 0 Å². The maximum atomic E-state index is 4.45. The number of anilines is 1. The molecule has 0 spiro atoms. The fourth-order valence-corrected chi connectivity index (χ4v) is 2.70. The molecule has 2 N–H and O–H groups in total. The van der Waals surface area contributed by atoms with Crippen molar-refractivity contribution >= 4 is 5.82 Å². The monoisotopic (exact) mass is 248 g/mol. The summed E-state index contributed by atoms with van der Waals surface area (Å²) in [6.45, 7) is 9.54. The fourth-order valence-electron chi connectivity index (χ4n) is 2.70. The average molecular weight is 248 g/mol. The van der Waals surface area contributed by atoms with Crippen LogP contribution >= 0.6 is 0 Å². The molecule has 1 aliphatic rings. The lowest BCUT2D eigenvalue weighted by Crippen LogP contribution is -2.40. The summed E-state index contributed by atoms with van der Waals surface area (Å²) in [7, 11) is 0. The Hall–Kier alpha value is -1.16. The molecule has 100 valence electrons. The second-order valence-electron chi connectivity index (χ2n) is 5.40. The lowest BCUT2D eigenvalue weighted by atomic mass is 9.76. The van der Waals surface area contributed by atoms with Crippen LogP contribution in [0.2, 0.25) is 0 Å². The Morgan fingerprint density at radius 2 is 2.00 bits per heavy atom. The zero-order chi connectivity index (χ0) is 13.0. The van der Waals surface area contributed by atoms with E-state index in [9.17, 15) is 0 Å². The summed E-state index contributed by atoms with van der Waals surface area (Å²) in [4.78, 5) is 8.75. The third-order valence-corrected chi connectivity index (χ3v) is 4.02. The molecule has 1 aliphatic heterocycles. The Morgan fingerprint density at radius 1 is 1.28 bits per heavy atom. The summed E-state index contributed by atoms with van der Waals surface area (Å²) in [6.07, 6.45) is 3.73. The van der Waals surface area contributed by atoms with Gasteiger partial charge in [-0.15, -0.1) is 0 Å². The summed E-state index contributed by atoms with van der Waals surface area (Å²) in [5, 5.41) is 6.95. The van der Waals surface area contributed by atoms with E-state index < -0.39 is 0 Å². The van der Waals surface area contributed by atoms with Crippen molar-refractivity contribution < 1.29 is 0 Å². The first-order chi connectivity index (χ1) is 8.63. The minimum absolute atomic E-state index is 0.429. The molecule has 0 bridgehead atoms. The molecule has 2 heterocycles. The minimum Gasteiger partial charge on any atom is -0.369 e. The Balaban J connectivity index is 2.00. The van der Waals surface area contributed by atoms with Crippen LogP contribution in [-0.2, 0) is 0 Å². The predicted molar refractivity (Wildman–Crippen MR) is 74.8 cm³/mol. The molecule has 1 fully saturated rings. The number of rotatable bonds is 4. The van der Waals surface area contributed by atoms with Gasteiger partial charge in [-0.2, -0.15) is 0 Å². The number of hydrogen-bond acceptors (Lipinski definition) is 4. The van der Waals surface area contributed by atoms with E-state index in [0.29, 0.717) is 5.41 Å². The van der Waals surface area contributed by atoms with E-state index in [1.54, 1.807) is 0 Å². The molecule has 18 heavy (non-hydrogen) atoms. The SMILES string of the molecule is CCC1(CNc2cc(C)nc(C)n2)CCNCC1. The third-order valence-electron chi connectivity index (χ3n) is 4.02. The molecule has 0 radical (unpaired) electrons. The normalized spacial score (nSPS) is 18.6. The molecule has 0 saturated carbocycles. The summed E-state index contributed by atoms with van der Waals surface area (Å²) < 4.78 is 0. The smallest absolute Gasteiger partial charge is 0.129 e. The number of aromatic nitrogens is 2. The summed E-state index contributed by atoms with van der Waals surface area (Å²) in [6, 6.07) is 2.03. The highest BCUT2D eigenvalue weighted by Gasteiger charge is 2.29. The molecular weight excluding hydrogens is 224 g/mol. The van der Waals surface area contributed by atoms with E-state index in [1.165, 1.54) is 19.3 Å². The Labute approximate surface area is 110 Å². The van der Waals surface area contributed by atoms with E-state index in [0.717, 1.165) is 37.0 Å². The second kappa shape index (κ2) is 5.65. The number of nitrogens with one attached hydrogen (secondary N) is 2. The largest absolute Gasteiger partial charge is 0.369 e. The number of nitrogens with zero attached hydrogens (tertiary/aromatic N) is 2. The van der Waals surface area contributed by atoms with Crippen molar-refractivity contribution in [1.82, 2.24) is 15.3 Å². The van der Waals surface area contributed by atoms with Crippen molar-refractivity contribution in [2.45, 2.75) is 40.0 Å². The van der Waals surface area contributed by atoms with Crippen molar-refractivity contribution in [2.75, 3.05) is 25.0 Å². The molecule has 0 aromatic carbocycles. The van der Waals surface area contributed by atoms with Crippen molar-refractivity contribution in [3.05, 3.63) is 17.6 Å². The van der Waals surface area contributed by atoms with E-state index >= 15 is 0 Å². The maximum absolute atomic E-state index is 4.45. The van der Waals surface area contributed by atoms with Gasteiger partial charge in [0, 0.05) is 18.3 Å². The molecule has 0 aliphatic carbocycles. The van der Waals surface area contributed by atoms with E-state index in [-0.39, 0.29) is 0 Å². The van der Waals surface area contributed by atoms with E-state index in [1.807, 2.05) is 19.9 Å². The van der Waals surface area contributed by atoms with Crippen LogP contribution < -0.4 is 10.6 Å². The van der Waals surface area contributed by atoms with Gasteiger partial charge < -0.3 is 10.6 Å². The number of piperidine rings is 1. The van der Waals surface area contributed by atoms with Crippen molar-refractivity contribution in [1.29, 1.82) is 0 Å². The van der Waals surface area contributed by atoms with Gasteiger partial charge in [-0.1, -0.05) is 6.92 Å². The molecule has 1 saturated heterocycles. The Kier molecular flexibility index (Phi) is 4.17. The zero-order valence-corrected chi connectivity index (χ0v) is 11.7. The van der Waals surface area contributed by atoms with E-state index in [2.05, 4.69) is 27.5 Å². The molecule has 4 heteroatoms. The van der Waals surface area contributed by atoms with Crippen LogP contribution in [0.4, 0.5) is 5.82 Å². The predicted octanol–water partition coefficient (Wildman–Crippen LogP) is 2.29. The lowest BCUT2D eigenvalue weighted by molar-refractivity contribution is 0.210. The highest BCUT2D eigenvalue weighted by molar-refractivity contribution is 5.36. The van der Waals surface area contributed by atoms with Crippen LogP contribution in [0.25, 0.3) is 0 Å². The van der Waals surface area contributed by atoms with Gasteiger partial charge in [-0.3, -0.25) is 0 Å². The molecule has 1 aromatic rings. The number of aryl methyl sites for hydroxylation is 2. The first-order valence-corrected chi connectivity index (χ1v) is 6.90. The first kappa shape index (κ1) is 13.3. The van der Waals surface area contributed by atoms with Gasteiger partial charge in [0.1, 0.15) is 11.6 Å². The van der Waals surface area contributed by atoms with Crippen molar-refractivity contribution in [3.63, 3.8) is 0 Å². The molecule has 0 amide bonds. The topological polar surface area (TPSA) is 49.8 Å². The molecule has 4 nitrogen and oxygen atoms in total. The summed E-state index contributed by atoms with van der Waals surface area (Å²) in [5.41, 5.74) is 1.46. The average Bonchev–Trinajstić information content (AvgIpc) is 2.36. The van der Waals surface area contributed by atoms with Gasteiger partial charge in [0.25, 0.3) is 0 Å².